The minimum absolute atomic E-state index is 0.193. The van der Waals surface area contributed by atoms with E-state index in [0.717, 1.165) is 50.2 Å². The van der Waals surface area contributed by atoms with Gasteiger partial charge in [0.15, 0.2) is 6.20 Å². The molecule has 0 unspecified atom stereocenters. The maximum Gasteiger partial charge on any atom is 0.365 e. The van der Waals surface area contributed by atoms with Gasteiger partial charge in [0.1, 0.15) is 24.2 Å². The third-order valence-electron chi connectivity index (χ3n) is 6.18. The van der Waals surface area contributed by atoms with Crippen LogP contribution in [0.5, 0.6) is 11.5 Å². The SMILES string of the molecule is CCCCOc1cc(N(C)/N=C(\C(=O)OC)c2cccc[n+]2C)c(OCCCC)cc1N1CCOCC1. The summed E-state index contributed by atoms with van der Waals surface area (Å²) in [7, 11) is 5.03. The lowest BCUT2D eigenvalue weighted by Crippen LogP contribution is -2.39. The number of benzene rings is 1. The molecule has 9 heteroatoms. The van der Waals surface area contributed by atoms with Gasteiger partial charge in [-0.3, -0.25) is 5.01 Å². The molecule has 2 aromatic rings. The Morgan fingerprint density at radius 2 is 1.76 bits per heavy atom. The van der Waals surface area contributed by atoms with E-state index < -0.39 is 5.97 Å². The van der Waals surface area contributed by atoms with Gasteiger partial charge in [0.05, 0.1) is 39.2 Å². The van der Waals surface area contributed by atoms with Crippen molar-refractivity contribution in [1.29, 1.82) is 0 Å². The largest absolute Gasteiger partial charge is 0.491 e. The molecule has 0 N–H and O–H groups in total. The van der Waals surface area contributed by atoms with E-state index in [1.54, 1.807) is 12.1 Å². The molecular formula is C28H41N4O5+. The maximum atomic E-state index is 12.8. The van der Waals surface area contributed by atoms with Gasteiger partial charge in [-0.2, -0.15) is 9.67 Å². The zero-order valence-electron chi connectivity index (χ0n) is 22.9. The summed E-state index contributed by atoms with van der Waals surface area (Å²) in [5.74, 6) is 0.928. The quantitative estimate of drug-likeness (QED) is 0.133. The van der Waals surface area contributed by atoms with Crippen LogP contribution in [0.2, 0.25) is 0 Å². The molecule has 9 nitrogen and oxygen atoms in total. The summed E-state index contributed by atoms with van der Waals surface area (Å²) in [6.07, 6.45) is 5.82. The zero-order chi connectivity index (χ0) is 26.6. The van der Waals surface area contributed by atoms with Gasteiger partial charge >= 0.3 is 5.97 Å². The van der Waals surface area contributed by atoms with Gasteiger partial charge in [-0.05, 0) is 18.9 Å². The molecular weight excluding hydrogens is 472 g/mol. The number of rotatable bonds is 13. The molecule has 3 rings (SSSR count). The number of anilines is 2. The van der Waals surface area contributed by atoms with Crippen LogP contribution in [-0.2, 0) is 21.3 Å². The molecule has 0 atom stereocenters. The Bertz CT molecular complexity index is 1050. The minimum atomic E-state index is -0.522. The second kappa shape index (κ2) is 14.4. The second-order valence-electron chi connectivity index (χ2n) is 8.95. The summed E-state index contributed by atoms with van der Waals surface area (Å²) in [6.45, 7) is 8.37. The van der Waals surface area contributed by atoms with Crippen LogP contribution in [0.15, 0.2) is 41.6 Å². The van der Waals surface area contributed by atoms with Crippen molar-refractivity contribution < 1.29 is 28.3 Å². The van der Waals surface area contributed by atoms with E-state index in [-0.39, 0.29) is 5.71 Å². The van der Waals surface area contributed by atoms with Gasteiger partial charge in [-0.1, -0.05) is 26.7 Å². The molecule has 0 amide bonds. The summed E-state index contributed by atoms with van der Waals surface area (Å²) < 4.78 is 25.0. The van der Waals surface area contributed by atoms with Gasteiger partial charge in [0.2, 0.25) is 11.4 Å². The molecule has 0 aliphatic carbocycles. The van der Waals surface area contributed by atoms with Gasteiger partial charge in [-0.25, -0.2) is 4.79 Å². The Balaban J connectivity index is 2.09. The van der Waals surface area contributed by atoms with Crippen molar-refractivity contribution in [3.05, 3.63) is 42.2 Å². The van der Waals surface area contributed by atoms with Crippen LogP contribution in [0, 0.1) is 0 Å². The van der Waals surface area contributed by atoms with Crippen molar-refractivity contribution in [3.63, 3.8) is 0 Å². The highest BCUT2D eigenvalue weighted by atomic mass is 16.5. The first-order valence-electron chi connectivity index (χ1n) is 13.1. The topological polar surface area (TPSA) is 76.7 Å². The number of esters is 1. The van der Waals surface area contributed by atoms with Gasteiger partial charge in [-0.15, -0.1) is 0 Å². The van der Waals surface area contributed by atoms with Gasteiger partial charge in [0, 0.05) is 44.4 Å². The first-order chi connectivity index (χ1) is 18.0. The first kappa shape index (κ1) is 28.2. The lowest BCUT2D eigenvalue weighted by atomic mass is 10.2. The number of pyridine rings is 1. The third kappa shape index (κ3) is 7.58. The second-order valence-corrected chi connectivity index (χ2v) is 8.95. The van der Waals surface area contributed by atoms with Crippen LogP contribution in [-0.4, -0.2) is 65.4 Å². The van der Waals surface area contributed by atoms with Crippen molar-refractivity contribution in [2.45, 2.75) is 39.5 Å². The highest BCUT2D eigenvalue weighted by Gasteiger charge is 2.26. The molecule has 1 fully saturated rings. The van der Waals surface area contributed by atoms with Crippen molar-refractivity contribution >= 4 is 23.1 Å². The highest BCUT2D eigenvalue weighted by molar-refractivity contribution is 6.42. The molecule has 2 heterocycles. The number of unbranched alkanes of at least 4 members (excludes halogenated alkanes) is 2. The van der Waals surface area contributed by atoms with Crippen molar-refractivity contribution in [3.8, 4) is 11.5 Å². The Kier molecular flexibility index (Phi) is 11.0. The number of aromatic nitrogens is 1. The predicted octanol–water partition coefficient (Wildman–Crippen LogP) is 3.72. The molecule has 37 heavy (non-hydrogen) atoms. The van der Waals surface area contributed by atoms with Crippen LogP contribution in [0.25, 0.3) is 0 Å². The van der Waals surface area contributed by atoms with E-state index in [0.29, 0.717) is 43.6 Å². The summed E-state index contributed by atoms with van der Waals surface area (Å²) in [5.41, 5.74) is 2.52. The average Bonchev–Trinajstić information content (AvgIpc) is 2.92. The van der Waals surface area contributed by atoms with E-state index in [4.69, 9.17) is 24.0 Å². The number of aryl methyl sites for hydroxylation is 1. The summed E-state index contributed by atoms with van der Waals surface area (Å²) >= 11 is 0. The number of carbonyl (C=O) groups excluding carboxylic acids is 1. The molecule has 1 aliphatic rings. The minimum Gasteiger partial charge on any atom is -0.491 e. The monoisotopic (exact) mass is 513 g/mol. The Morgan fingerprint density at radius 1 is 1.08 bits per heavy atom. The zero-order valence-corrected chi connectivity index (χ0v) is 22.9. The third-order valence-corrected chi connectivity index (χ3v) is 6.18. The van der Waals surface area contributed by atoms with Crippen molar-refractivity contribution in [2.75, 3.05) is 63.6 Å². The highest BCUT2D eigenvalue weighted by Crippen LogP contribution is 2.41. The van der Waals surface area contributed by atoms with Crippen LogP contribution in [0.3, 0.4) is 0 Å². The van der Waals surface area contributed by atoms with E-state index in [9.17, 15) is 4.79 Å². The average molecular weight is 514 g/mol. The van der Waals surface area contributed by atoms with E-state index in [1.807, 2.05) is 48.1 Å². The number of carbonyl (C=O) groups is 1. The van der Waals surface area contributed by atoms with Crippen LogP contribution < -0.4 is 23.9 Å². The molecule has 1 aliphatic heterocycles. The summed E-state index contributed by atoms with van der Waals surface area (Å²) in [4.78, 5) is 15.0. The smallest absolute Gasteiger partial charge is 0.365 e. The van der Waals surface area contributed by atoms with Crippen molar-refractivity contribution in [2.24, 2.45) is 12.1 Å². The number of morpholine rings is 1. The molecule has 0 saturated carbocycles. The van der Waals surface area contributed by atoms with E-state index >= 15 is 0 Å². The first-order valence-corrected chi connectivity index (χ1v) is 13.1. The molecule has 0 radical (unpaired) electrons. The van der Waals surface area contributed by atoms with E-state index in [2.05, 4.69) is 18.7 Å². The molecule has 0 spiro atoms. The standard InChI is InChI=1S/C28H41N4O5/c1-6-8-16-36-25-21-24(32-14-18-35-19-15-32)26(37-17-9-7-2)20-23(25)31(4)29-27(28(33)34-5)22-12-10-11-13-30(22)3/h10-13,20-21H,6-9,14-19H2,1-5H3/q+1. The molecule has 1 saturated heterocycles. The van der Waals surface area contributed by atoms with Crippen LogP contribution >= 0.6 is 0 Å². The van der Waals surface area contributed by atoms with Crippen LogP contribution in [0.4, 0.5) is 11.4 Å². The number of hydrazone groups is 1. The fourth-order valence-electron chi connectivity index (χ4n) is 3.99. The van der Waals surface area contributed by atoms with Gasteiger partial charge in [0.25, 0.3) is 0 Å². The molecule has 0 bridgehead atoms. The lowest BCUT2D eigenvalue weighted by Gasteiger charge is -2.31. The molecule has 1 aromatic carbocycles. The Hall–Kier alpha value is -3.33. The normalized spacial score (nSPS) is 13.9. The Labute approximate surface area is 220 Å². The molecule has 1 aromatic heterocycles. The van der Waals surface area contributed by atoms with Gasteiger partial charge < -0.3 is 23.8 Å². The number of nitrogens with zero attached hydrogens (tertiary/aromatic N) is 4. The maximum absolute atomic E-state index is 12.8. The number of methoxy groups -OCH3 is 1. The van der Waals surface area contributed by atoms with E-state index in [1.165, 1.54) is 7.11 Å². The van der Waals surface area contributed by atoms with Crippen molar-refractivity contribution in [1.82, 2.24) is 0 Å². The summed E-state index contributed by atoms with van der Waals surface area (Å²) in [6, 6.07) is 9.59. The predicted molar refractivity (Wildman–Crippen MR) is 145 cm³/mol. The lowest BCUT2D eigenvalue weighted by molar-refractivity contribution is -0.672. The molecule has 202 valence electrons. The number of ether oxygens (including phenoxy) is 4. The number of hydrogen-bond acceptors (Lipinski definition) is 8. The fraction of sp³-hybridized carbons (Fsp3) is 0.536. The Morgan fingerprint density at radius 3 is 2.38 bits per heavy atom. The fourth-order valence-corrected chi connectivity index (χ4v) is 3.99. The van der Waals surface area contributed by atoms with Crippen LogP contribution in [0.1, 0.15) is 45.2 Å². The summed E-state index contributed by atoms with van der Waals surface area (Å²) in [5, 5.41) is 6.37. The number of hydrogen-bond donors (Lipinski definition) is 0.